The maximum absolute atomic E-state index is 12.8. The Kier molecular flexibility index (Phi) is 4.60. The highest BCUT2D eigenvalue weighted by molar-refractivity contribution is 7.09. The van der Waals surface area contributed by atoms with Gasteiger partial charge in [-0.25, -0.2) is 4.98 Å². The van der Waals surface area contributed by atoms with Gasteiger partial charge in [0.2, 0.25) is 0 Å². The van der Waals surface area contributed by atoms with Crippen molar-refractivity contribution < 1.29 is 4.79 Å². The van der Waals surface area contributed by atoms with E-state index in [0.717, 1.165) is 30.3 Å². The zero-order chi connectivity index (χ0) is 14.8. The van der Waals surface area contributed by atoms with Crippen LogP contribution in [0.4, 0.5) is 0 Å². The second-order valence-electron chi connectivity index (χ2n) is 6.45. The Morgan fingerprint density at radius 2 is 2.24 bits per heavy atom. The third-order valence-electron chi connectivity index (χ3n) is 5.13. The first-order valence-electron chi connectivity index (χ1n) is 8.16. The molecule has 1 saturated heterocycles. The van der Waals surface area contributed by atoms with E-state index in [2.05, 4.69) is 16.8 Å². The van der Waals surface area contributed by atoms with Crippen LogP contribution in [-0.2, 0) is 6.42 Å². The quantitative estimate of drug-likeness (QED) is 0.934. The fraction of sp³-hybridized carbons (Fsp3) is 0.750. The van der Waals surface area contributed by atoms with Crippen LogP contribution in [0.5, 0.6) is 0 Å². The fourth-order valence-corrected chi connectivity index (χ4v) is 4.75. The molecule has 2 aliphatic rings. The molecule has 0 aromatic carbocycles. The monoisotopic (exact) mass is 307 g/mol. The number of fused-ring (bicyclic) bond motifs is 1. The number of hydrogen-bond donors (Lipinski definition) is 1. The van der Waals surface area contributed by atoms with Crippen molar-refractivity contribution in [3.8, 4) is 0 Å². The second-order valence-corrected chi connectivity index (χ2v) is 7.39. The largest absolute Gasteiger partial charge is 0.334 e. The van der Waals surface area contributed by atoms with Gasteiger partial charge in [0.25, 0.3) is 5.91 Å². The summed E-state index contributed by atoms with van der Waals surface area (Å²) in [5.41, 5.74) is 6.19. The van der Waals surface area contributed by atoms with Gasteiger partial charge in [-0.3, -0.25) is 4.79 Å². The number of rotatable bonds is 3. The molecule has 0 radical (unpaired) electrons. The van der Waals surface area contributed by atoms with Crippen molar-refractivity contribution >= 4 is 17.2 Å². The summed E-state index contributed by atoms with van der Waals surface area (Å²) in [5.74, 6) is 1.58. The third kappa shape index (κ3) is 2.99. The molecule has 4 nitrogen and oxygen atoms in total. The van der Waals surface area contributed by atoms with Crippen LogP contribution in [0.25, 0.3) is 0 Å². The first-order valence-corrected chi connectivity index (χ1v) is 9.04. The molecule has 1 aliphatic heterocycles. The van der Waals surface area contributed by atoms with Gasteiger partial charge in [0.1, 0.15) is 5.69 Å². The number of thiazole rings is 1. The average Bonchev–Trinajstić information content (AvgIpc) is 2.96. The number of piperidine rings is 1. The summed E-state index contributed by atoms with van der Waals surface area (Å²) in [6.45, 7) is 3.84. The Morgan fingerprint density at radius 3 is 3.05 bits per heavy atom. The highest BCUT2D eigenvalue weighted by Crippen LogP contribution is 2.39. The Morgan fingerprint density at radius 1 is 1.43 bits per heavy atom. The van der Waals surface area contributed by atoms with E-state index >= 15 is 0 Å². The van der Waals surface area contributed by atoms with Crippen molar-refractivity contribution in [2.45, 2.75) is 51.5 Å². The van der Waals surface area contributed by atoms with E-state index in [9.17, 15) is 4.79 Å². The van der Waals surface area contributed by atoms with Crippen molar-refractivity contribution in [2.75, 3.05) is 13.1 Å². The molecule has 5 heteroatoms. The van der Waals surface area contributed by atoms with Gasteiger partial charge in [0, 0.05) is 24.4 Å². The number of likely N-dealkylation sites (tertiary alicyclic amines) is 1. The molecule has 3 rings (SSSR count). The minimum absolute atomic E-state index is 0.137. The topological polar surface area (TPSA) is 59.2 Å². The summed E-state index contributed by atoms with van der Waals surface area (Å²) in [6, 6.07) is 0.439. The summed E-state index contributed by atoms with van der Waals surface area (Å²) in [4.78, 5) is 19.4. The Balaban J connectivity index is 1.76. The standard InChI is InChI=1S/C16H25N3OS/c1-11-7-9-19(14-5-3-2-4-12(11)14)16(20)13-10-21-15(18-13)6-8-17/h10-12,14H,2-9,17H2,1H3. The average molecular weight is 307 g/mol. The molecule has 2 fully saturated rings. The molecule has 1 amide bonds. The summed E-state index contributed by atoms with van der Waals surface area (Å²) < 4.78 is 0. The van der Waals surface area contributed by atoms with E-state index in [1.54, 1.807) is 11.3 Å². The molecule has 21 heavy (non-hydrogen) atoms. The van der Waals surface area contributed by atoms with Crippen LogP contribution in [-0.4, -0.2) is 34.9 Å². The first kappa shape index (κ1) is 15.0. The smallest absolute Gasteiger partial charge is 0.273 e. The molecule has 2 N–H and O–H groups in total. The number of carbonyl (C=O) groups excluding carboxylic acids is 1. The fourth-order valence-electron chi connectivity index (χ4n) is 3.96. The Labute approximate surface area is 130 Å². The van der Waals surface area contributed by atoms with Crippen molar-refractivity contribution in [1.29, 1.82) is 0 Å². The molecule has 1 aromatic heterocycles. The van der Waals surface area contributed by atoms with E-state index in [1.807, 2.05) is 5.38 Å². The summed E-state index contributed by atoms with van der Waals surface area (Å²) in [7, 11) is 0. The zero-order valence-electron chi connectivity index (χ0n) is 12.8. The normalized spacial score (nSPS) is 29.2. The lowest BCUT2D eigenvalue weighted by Crippen LogP contribution is -2.52. The highest BCUT2D eigenvalue weighted by atomic mass is 32.1. The van der Waals surface area contributed by atoms with E-state index in [-0.39, 0.29) is 5.91 Å². The first-order chi connectivity index (χ1) is 10.2. The van der Waals surface area contributed by atoms with Crippen molar-refractivity contribution in [2.24, 2.45) is 17.6 Å². The zero-order valence-corrected chi connectivity index (χ0v) is 13.6. The maximum Gasteiger partial charge on any atom is 0.273 e. The molecule has 0 bridgehead atoms. The van der Waals surface area contributed by atoms with Crippen LogP contribution in [0.2, 0.25) is 0 Å². The molecular weight excluding hydrogens is 282 g/mol. The molecule has 116 valence electrons. The number of nitrogens with two attached hydrogens (primary N) is 1. The van der Waals surface area contributed by atoms with Gasteiger partial charge in [-0.1, -0.05) is 19.8 Å². The molecule has 3 atom stereocenters. The van der Waals surface area contributed by atoms with Crippen molar-refractivity contribution in [3.63, 3.8) is 0 Å². The highest BCUT2D eigenvalue weighted by Gasteiger charge is 2.39. The van der Waals surface area contributed by atoms with E-state index < -0.39 is 0 Å². The predicted octanol–water partition coefficient (Wildman–Crippen LogP) is 2.69. The Hall–Kier alpha value is -0.940. The number of carbonyl (C=O) groups is 1. The maximum atomic E-state index is 12.8. The molecule has 1 aromatic rings. The van der Waals surface area contributed by atoms with Crippen LogP contribution in [0.3, 0.4) is 0 Å². The van der Waals surface area contributed by atoms with Gasteiger partial charge in [-0.05, 0) is 37.6 Å². The van der Waals surface area contributed by atoms with E-state index in [1.165, 1.54) is 25.7 Å². The van der Waals surface area contributed by atoms with Gasteiger partial charge in [0.15, 0.2) is 0 Å². The molecule has 1 saturated carbocycles. The van der Waals surface area contributed by atoms with Gasteiger partial charge in [-0.15, -0.1) is 11.3 Å². The molecule has 1 aliphatic carbocycles. The van der Waals surface area contributed by atoms with Crippen LogP contribution < -0.4 is 5.73 Å². The van der Waals surface area contributed by atoms with Gasteiger partial charge < -0.3 is 10.6 Å². The number of hydrogen-bond acceptors (Lipinski definition) is 4. The predicted molar refractivity (Wildman–Crippen MR) is 85.4 cm³/mol. The summed E-state index contributed by atoms with van der Waals surface area (Å²) in [5, 5.41) is 2.88. The van der Waals surface area contributed by atoms with Crippen molar-refractivity contribution in [3.05, 3.63) is 16.1 Å². The van der Waals surface area contributed by atoms with Crippen LogP contribution in [0.1, 0.15) is 54.5 Å². The van der Waals surface area contributed by atoms with Gasteiger partial charge >= 0.3 is 0 Å². The minimum atomic E-state index is 0.137. The van der Waals surface area contributed by atoms with Gasteiger partial charge in [-0.2, -0.15) is 0 Å². The number of nitrogens with zero attached hydrogens (tertiary/aromatic N) is 2. The lowest BCUT2D eigenvalue weighted by Gasteiger charge is -2.47. The minimum Gasteiger partial charge on any atom is -0.334 e. The summed E-state index contributed by atoms with van der Waals surface area (Å²) >= 11 is 1.56. The van der Waals surface area contributed by atoms with Crippen LogP contribution in [0.15, 0.2) is 5.38 Å². The Bertz CT molecular complexity index is 501. The SMILES string of the molecule is CC1CCN(C(=O)c2csc(CCN)n2)C2CCCCC12. The van der Waals surface area contributed by atoms with Crippen LogP contribution >= 0.6 is 11.3 Å². The van der Waals surface area contributed by atoms with Crippen LogP contribution in [0, 0.1) is 11.8 Å². The molecule has 3 unspecified atom stereocenters. The van der Waals surface area contributed by atoms with Gasteiger partial charge in [0.05, 0.1) is 5.01 Å². The second kappa shape index (κ2) is 6.44. The lowest BCUT2D eigenvalue weighted by atomic mass is 9.72. The summed E-state index contributed by atoms with van der Waals surface area (Å²) in [6.07, 6.45) is 6.93. The molecule has 0 spiro atoms. The third-order valence-corrected chi connectivity index (χ3v) is 6.04. The van der Waals surface area contributed by atoms with E-state index in [4.69, 9.17) is 5.73 Å². The molecular formula is C16H25N3OS. The number of aromatic nitrogens is 1. The molecule has 2 heterocycles. The van der Waals surface area contributed by atoms with Crippen molar-refractivity contribution in [1.82, 2.24) is 9.88 Å². The van der Waals surface area contributed by atoms with E-state index in [0.29, 0.717) is 24.2 Å². The lowest BCUT2D eigenvalue weighted by molar-refractivity contribution is 0.0213. The number of amides is 1.